The maximum Gasteiger partial charge on any atom is 0.0717 e. The minimum atomic E-state index is -0.140. The number of aliphatic hydroxyl groups is 1. The summed E-state index contributed by atoms with van der Waals surface area (Å²) >= 11 is 0. The van der Waals surface area contributed by atoms with Gasteiger partial charge in [-0.25, -0.2) is 0 Å². The van der Waals surface area contributed by atoms with Crippen LogP contribution in [0.1, 0.15) is 45.6 Å². The molecule has 2 aliphatic carbocycles. The molecule has 0 aliphatic heterocycles. The van der Waals surface area contributed by atoms with Crippen molar-refractivity contribution in [3.05, 3.63) is 47.5 Å². The zero-order chi connectivity index (χ0) is 15.8. The molecule has 2 aliphatic rings. The molecule has 3 atom stereocenters. The highest BCUT2D eigenvalue weighted by Gasteiger charge is 2.62. The number of hydrogen-bond donors (Lipinski definition) is 1. The monoisotopic (exact) mass is 300 g/mol. The Morgan fingerprint density at radius 2 is 1.95 bits per heavy atom. The molecule has 0 saturated heterocycles. The molecule has 0 radical (unpaired) electrons. The predicted molar refractivity (Wildman–Crippen MR) is 89.4 cm³/mol. The molecule has 1 aromatic carbocycles. The number of aliphatic hydroxyl groups excluding tert-OH is 1. The van der Waals surface area contributed by atoms with E-state index in [0.717, 1.165) is 25.9 Å². The summed E-state index contributed by atoms with van der Waals surface area (Å²) in [5.74, 6) is 0.543. The Morgan fingerprint density at radius 3 is 2.55 bits per heavy atom. The van der Waals surface area contributed by atoms with Crippen molar-refractivity contribution in [1.82, 2.24) is 0 Å². The van der Waals surface area contributed by atoms with Crippen LogP contribution in [0.5, 0.6) is 0 Å². The van der Waals surface area contributed by atoms with E-state index in [1.165, 1.54) is 5.56 Å². The van der Waals surface area contributed by atoms with Gasteiger partial charge in [-0.05, 0) is 36.2 Å². The van der Waals surface area contributed by atoms with Crippen LogP contribution >= 0.6 is 0 Å². The van der Waals surface area contributed by atoms with Crippen molar-refractivity contribution < 1.29 is 9.84 Å². The number of allylic oxidation sites excluding steroid dienone is 1. The van der Waals surface area contributed by atoms with Crippen molar-refractivity contribution in [3.63, 3.8) is 0 Å². The van der Waals surface area contributed by atoms with Gasteiger partial charge in [-0.1, -0.05) is 62.8 Å². The highest BCUT2D eigenvalue weighted by Crippen LogP contribution is 2.67. The van der Waals surface area contributed by atoms with Crippen LogP contribution < -0.4 is 0 Å². The van der Waals surface area contributed by atoms with Crippen molar-refractivity contribution in [2.45, 2.75) is 52.7 Å². The third kappa shape index (κ3) is 2.53. The molecule has 0 unspecified atom stereocenters. The fraction of sp³-hybridized carbons (Fsp3) is 0.600. The normalized spacial score (nSPS) is 34.5. The van der Waals surface area contributed by atoms with E-state index < -0.39 is 0 Å². The quantitative estimate of drug-likeness (QED) is 0.647. The molecule has 2 saturated carbocycles. The van der Waals surface area contributed by atoms with Gasteiger partial charge >= 0.3 is 0 Å². The van der Waals surface area contributed by atoms with Crippen LogP contribution in [0, 0.1) is 16.7 Å². The molecule has 2 fully saturated rings. The van der Waals surface area contributed by atoms with Crippen LogP contribution in [-0.2, 0) is 11.3 Å². The van der Waals surface area contributed by atoms with E-state index in [0.29, 0.717) is 12.5 Å². The third-order valence-electron chi connectivity index (χ3n) is 6.34. The van der Waals surface area contributed by atoms with Crippen LogP contribution in [-0.4, -0.2) is 17.8 Å². The number of fused-ring (bicyclic) bond motifs is 2. The van der Waals surface area contributed by atoms with E-state index in [9.17, 15) is 5.11 Å². The molecule has 120 valence electrons. The Kier molecular flexibility index (Phi) is 4.17. The van der Waals surface area contributed by atoms with E-state index in [1.54, 1.807) is 5.57 Å². The van der Waals surface area contributed by atoms with Crippen molar-refractivity contribution in [3.8, 4) is 0 Å². The van der Waals surface area contributed by atoms with E-state index in [-0.39, 0.29) is 16.9 Å². The molecule has 2 bridgehead atoms. The van der Waals surface area contributed by atoms with Crippen LogP contribution in [0.2, 0.25) is 0 Å². The second-order valence-electron chi connectivity index (χ2n) is 7.73. The minimum Gasteiger partial charge on any atom is -0.393 e. The number of rotatable bonds is 5. The summed E-state index contributed by atoms with van der Waals surface area (Å²) in [7, 11) is 0. The van der Waals surface area contributed by atoms with Crippen molar-refractivity contribution in [2.75, 3.05) is 6.61 Å². The van der Waals surface area contributed by atoms with E-state index in [1.807, 2.05) is 18.2 Å². The van der Waals surface area contributed by atoms with Crippen molar-refractivity contribution in [1.29, 1.82) is 0 Å². The second kappa shape index (κ2) is 5.82. The Bertz CT molecular complexity index is 546. The zero-order valence-electron chi connectivity index (χ0n) is 14.0. The van der Waals surface area contributed by atoms with Gasteiger partial charge in [-0.2, -0.15) is 0 Å². The summed E-state index contributed by atoms with van der Waals surface area (Å²) < 4.78 is 5.76. The summed E-state index contributed by atoms with van der Waals surface area (Å²) in [6.07, 6.45) is 5.18. The lowest BCUT2D eigenvalue weighted by molar-refractivity contribution is 0.0157. The molecule has 0 aromatic heterocycles. The molecule has 22 heavy (non-hydrogen) atoms. The lowest BCUT2D eigenvalue weighted by Gasteiger charge is -2.36. The number of hydrogen-bond acceptors (Lipinski definition) is 2. The van der Waals surface area contributed by atoms with Crippen molar-refractivity contribution in [2.24, 2.45) is 16.7 Å². The summed E-state index contributed by atoms with van der Waals surface area (Å²) in [6, 6.07) is 10.3. The fourth-order valence-corrected chi connectivity index (χ4v) is 4.42. The Labute approximate surface area is 134 Å². The van der Waals surface area contributed by atoms with Crippen LogP contribution in [0.25, 0.3) is 0 Å². The highest BCUT2D eigenvalue weighted by atomic mass is 16.5. The first-order chi connectivity index (χ1) is 10.4. The third-order valence-corrected chi connectivity index (χ3v) is 6.34. The average molecular weight is 300 g/mol. The predicted octanol–water partition coefficient (Wildman–Crippen LogP) is 4.34. The van der Waals surface area contributed by atoms with Crippen LogP contribution in [0.15, 0.2) is 42.0 Å². The van der Waals surface area contributed by atoms with Crippen LogP contribution in [0.3, 0.4) is 0 Å². The number of benzene rings is 1. The molecule has 2 nitrogen and oxygen atoms in total. The Balaban J connectivity index is 1.51. The van der Waals surface area contributed by atoms with Gasteiger partial charge in [0.05, 0.1) is 19.3 Å². The summed E-state index contributed by atoms with van der Waals surface area (Å²) in [5.41, 5.74) is 3.03. The minimum absolute atomic E-state index is 0.0500. The maximum atomic E-state index is 10.3. The summed E-state index contributed by atoms with van der Waals surface area (Å²) in [5, 5.41) is 10.3. The first kappa shape index (κ1) is 15.8. The number of ether oxygens (including phenoxy) is 1. The molecular weight excluding hydrogens is 272 g/mol. The lowest BCUT2D eigenvalue weighted by atomic mass is 9.70. The molecule has 0 amide bonds. The zero-order valence-corrected chi connectivity index (χ0v) is 14.0. The van der Waals surface area contributed by atoms with Gasteiger partial charge in [0.2, 0.25) is 0 Å². The molecule has 1 aromatic rings. The van der Waals surface area contributed by atoms with Gasteiger partial charge in [0.1, 0.15) is 0 Å². The summed E-state index contributed by atoms with van der Waals surface area (Å²) in [4.78, 5) is 0. The summed E-state index contributed by atoms with van der Waals surface area (Å²) in [6.45, 7) is 8.35. The Morgan fingerprint density at radius 1 is 1.23 bits per heavy atom. The highest BCUT2D eigenvalue weighted by molar-refractivity contribution is 5.29. The molecule has 1 N–H and O–H groups in total. The fourth-order valence-electron chi connectivity index (χ4n) is 4.42. The first-order valence-corrected chi connectivity index (χ1v) is 8.44. The van der Waals surface area contributed by atoms with Gasteiger partial charge in [0.15, 0.2) is 0 Å². The van der Waals surface area contributed by atoms with E-state index in [4.69, 9.17) is 4.74 Å². The topological polar surface area (TPSA) is 29.5 Å². The van der Waals surface area contributed by atoms with Gasteiger partial charge in [-0.3, -0.25) is 0 Å². The SMILES string of the molecule is CC1(C)[C@@H]2C[C@@H](O)[C@@]1(C)C/C2=C\CCOCc1ccccc1. The van der Waals surface area contributed by atoms with Gasteiger partial charge in [0.25, 0.3) is 0 Å². The maximum absolute atomic E-state index is 10.3. The van der Waals surface area contributed by atoms with E-state index >= 15 is 0 Å². The molecule has 0 spiro atoms. The van der Waals surface area contributed by atoms with Crippen molar-refractivity contribution >= 4 is 0 Å². The van der Waals surface area contributed by atoms with E-state index in [2.05, 4.69) is 39.0 Å². The lowest BCUT2D eigenvalue weighted by Crippen LogP contribution is -2.35. The molecular formula is C20H28O2. The van der Waals surface area contributed by atoms with Gasteiger partial charge in [0, 0.05) is 5.41 Å². The van der Waals surface area contributed by atoms with Gasteiger partial charge in [-0.15, -0.1) is 0 Å². The largest absolute Gasteiger partial charge is 0.393 e. The second-order valence-corrected chi connectivity index (χ2v) is 7.73. The van der Waals surface area contributed by atoms with Crippen LogP contribution in [0.4, 0.5) is 0 Å². The van der Waals surface area contributed by atoms with Gasteiger partial charge < -0.3 is 9.84 Å². The Hall–Kier alpha value is -1.12. The molecule has 2 heteroatoms. The standard InChI is InChI=1S/C20H28O2/c1-19(2)17-12-18(21)20(19,3)13-16(17)10-7-11-22-14-15-8-5-4-6-9-15/h4-6,8-10,17-18,21H,7,11-14H2,1-3H3/b16-10+/t17-,18-,20-/m1/s1. The average Bonchev–Trinajstić information content (AvgIpc) is 2.79. The molecule has 0 heterocycles. The smallest absolute Gasteiger partial charge is 0.0717 e. The first-order valence-electron chi connectivity index (χ1n) is 8.44. The molecule has 3 rings (SSSR count).